The van der Waals surface area contributed by atoms with Gasteiger partial charge in [-0.05, 0) is 24.3 Å². The highest BCUT2D eigenvalue weighted by Gasteiger charge is 2.32. The van der Waals surface area contributed by atoms with E-state index in [-0.39, 0.29) is 38.1 Å². The molecule has 0 atom stereocenters. The first-order chi connectivity index (χ1) is 14.0. The average Bonchev–Trinajstić information content (AvgIpc) is 3.02. The Kier molecular flexibility index (Phi) is 5.06. The summed E-state index contributed by atoms with van der Waals surface area (Å²) in [5, 5.41) is 0.590. The van der Waals surface area contributed by atoms with E-state index in [4.69, 9.17) is 11.6 Å². The third-order valence-electron chi connectivity index (χ3n) is 4.60. The summed E-state index contributed by atoms with van der Waals surface area (Å²) < 4.78 is 65.4. The molecule has 0 amide bonds. The predicted octanol–water partition coefficient (Wildman–Crippen LogP) is 6.01. The van der Waals surface area contributed by atoms with Crippen LogP contribution in [0.4, 0.5) is 13.2 Å². The summed E-state index contributed by atoms with van der Waals surface area (Å²) >= 11 is 9.73. The van der Waals surface area contributed by atoms with Crippen molar-refractivity contribution in [2.75, 3.05) is 5.75 Å². The van der Waals surface area contributed by atoms with E-state index in [0.717, 1.165) is 10.5 Å². The first-order valence-corrected chi connectivity index (χ1v) is 11.4. The molecule has 0 fully saturated rings. The summed E-state index contributed by atoms with van der Waals surface area (Å²) in [4.78, 5) is 11.0. The van der Waals surface area contributed by atoms with Gasteiger partial charge in [-0.15, -0.1) is 0 Å². The molecule has 11 heteroatoms. The third-order valence-corrected chi connectivity index (χ3v) is 7.20. The summed E-state index contributed by atoms with van der Waals surface area (Å²) in [6.45, 7) is 1.49. The summed E-state index contributed by atoms with van der Waals surface area (Å²) in [5.74, 6) is -0.183. The number of benzene rings is 1. The van der Waals surface area contributed by atoms with Gasteiger partial charge in [0, 0.05) is 16.1 Å². The number of aromatic nitrogens is 3. The second kappa shape index (κ2) is 7.21. The molecule has 0 saturated carbocycles. The number of hydrogen-bond donors (Lipinski definition) is 1. The van der Waals surface area contributed by atoms with Crippen molar-refractivity contribution in [3.8, 4) is 11.4 Å². The number of nitrogens with zero attached hydrogens (tertiary/aromatic N) is 2. The number of halogens is 5. The van der Waals surface area contributed by atoms with Crippen LogP contribution in [0.15, 0.2) is 45.9 Å². The number of pyridine rings is 2. The largest absolute Gasteiger partial charge is 0.417 e. The van der Waals surface area contributed by atoms with Gasteiger partial charge in [0.2, 0.25) is 0 Å². The van der Waals surface area contributed by atoms with Crippen molar-refractivity contribution in [2.45, 2.75) is 18.0 Å². The van der Waals surface area contributed by atoms with Gasteiger partial charge in [-0.3, -0.25) is 4.98 Å². The van der Waals surface area contributed by atoms with Gasteiger partial charge in [-0.1, -0.05) is 40.5 Å². The quantitative estimate of drug-likeness (QED) is 0.361. The summed E-state index contributed by atoms with van der Waals surface area (Å²) in [5.41, 5.74) is -0.216. The maximum Gasteiger partial charge on any atom is 0.417 e. The SMILES string of the molecule is CCS(=O)(=O)c1cc2ccc(Br)cc2nc1-c1[nH]c2cc(C(F)(F)F)cnc2c1Cl. The number of sulfone groups is 1. The molecule has 4 aromatic rings. The molecule has 3 aromatic heterocycles. The predicted molar refractivity (Wildman–Crippen MR) is 112 cm³/mol. The first kappa shape index (κ1) is 21.1. The second-order valence-corrected chi connectivity index (χ2v) is 10.0. The molecule has 0 aliphatic heterocycles. The molecule has 1 aromatic carbocycles. The molecule has 0 unspecified atom stereocenters. The maximum atomic E-state index is 13.0. The molecule has 5 nitrogen and oxygen atoms in total. The number of H-pyrrole nitrogens is 1. The zero-order valence-corrected chi connectivity index (χ0v) is 18.3. The van der Waals surface area contributed by atoms with E-state index in [0.29, 0.717) is 17.1 Å². The van der Waals surface area contributed by atoms with Crippen LogP contribution >= 0.6 is 27.5 Å². The van der Waals surface area contributed by atoms with Gasteiger partial charge < -0.3 is 4.98 Å². The van der Waals surface area contributed by atoms with Crippen molar-refractivity contribution in [3.63, 3.8) is 0 Å². The molecule has 0 spiro atoms. The van der Waals surface area contributed by atoms with Crippen molar-refractivity contribution >= 4 is 59.3 Å². The van der Waals surface area contributed by atoms with Gasteiger partial charge in [0.05, 0.1) is 38.0 Å². The molecule has 0 saturated heterocycles. The Morgan fingerprint density at radius 1 is 1.20 bits per heavy atom. The average molecular weight is 519 g/mol. The number of rotatable bonds is 3. The minimum atomic E-state index is -4.58. The highest BCUT2D eigenvalue weighted by Crippen LogP contribution is 2.39. The Bertz CT molecular complexity index is 1420. The van der Waals surface area contributed by atoms with E-state index in [1.807, 2.05) is 0 Å². The van der Waals surface area contributed by atoms with Gasteiger partial charge in [0.15, 0.2) is 9.84 Å². The van der Waals surface area contributed by atoms with Crippen LogP contribution < -0.4 is 0 Å². The van der Waals surface area contributed by atoms with Crippen molar-refractivity contribution in [3.05, 3.63) is 51.6 Å². The molecule has 0 aliphatic rings. The summed E-state index contributed by atoms with van der Waals surface area (Å²) in [7, 11) is -3.72. The number of hydrogen-bond acceptors (Lipinski definition) is 4. The van der Waals surface area contributed by atoms with Gasteiger partial charge >= 0.3 is 6.18 Å². The zero-order chi connectivity index (χ0) is 21.8. The standard InChI is InChI=1S/C19H12BrClF3N3O2S/c1-2-30(28,29)14-5-9-3-4-11(20)7-12(9)26-17(14)18-15(21)16-13(27-18)6-10(8-25-16)19(22,23)24/h3-8,27H,2H2,1H3. The number of aromatic amines is 1. The lowest BCUT2D eigenvalue weighted by Gasteiger charge is -2.10. The topological polar surface area (TPSA) is 75.7 Å². The normalized spacial score (nSPS) is 12.7. The number of alkyl halides is 3. The van der Waals surface area contributed by atoms with Crippen molar-refractivity contribution < 1.29 is 21.6 Å². The van der Waals surface area contributed by atoms with Gasteiger partial charge in [-0.25, -0.2) is 13.4 Å². The monoisotopic (exact) mass is 517 g/mol. The van der Waals surface area contributed by atoms with Crippen LogP contribution in [-0.4, -0.2) is 29.1 Å². The van der Waals surface area contributed by atoms with Crippen LogP contribution in [0.25, 0.3) is 33.3 Å². The van der Waals surface area contributed by atoms with Crippen LogP contribution in [0, 0.1) is 0 Å². The Balaban J connectivity index is 2.05. The molecular weight excluding hydrogens is 507 g/mol. The lowest BCUT2D eigenvalue weighted by atomic mass is 10.2. The molecule has 0 radical (unpaired) electrons. The van der Waals surface area contributed by atoms with E-state index < -0.39 is 21.6 Å². The fourth-order valence-corrected chi connectivity index (χ4v) is 4.75. The summed E-state index contributed by atoms with van der Waals surface area (Å²) in [6.07, 6.45) is -3.90. The van der Waals surface area contributed by atoms with Gasteiger partial charge in [0.1, 0.15) is 11.2 Å². The molecule has 3 heterocycles. The molecule has 0 bridgehead atoms. The highest BCUT2D eigenvalue weighted by molar-refractivity contribution is 9.10. The Labute approximate surface area is 182 Å². The molecule has 156 valence electrons. The van der Waals surface area contributed by atoms with E-state index >= 15 is 0 Å². The molecule has 0 aliphatic carbocycles. The third kappa shape index (κ3) is 3.57. The van der Waals surface area contributed by atoms with Crippen LogP contribution in [0.3, 0.4) is 0 Å². The van der Waals surface area contributed by atoms with E-state index in [2.05, 4.69) is 30.9 Å². The zero-order valence-electron chi connectivity index (χ0n) is 15.2. The molecule has 30 heavy (non-hydrogen) atoms. The lowest BCUT2D eigenvalue weighted by molar-refractivity contribution is -0.137. The van der Waals surface area contributed by atoms with Gasteiger partial charge in [-0.2, -0.15) is 13.2 Å². The van der Waals surface area contributed by atoms with Crippen LogP contribution in [0.1, 0.15) is 12.5 Å². The Morgan fingerprint density at radius 2 is 1.93 bits per heavy atom. The number of fused-ring (bicyclic) bond motifs is 2. The highest BCUT2D eigenvalue weighted by atomic mass is 79.9. The van der Waals surface area contributed by atoms with Crippen molar-refractivity contribution in [1.82, 2.24) is 15.0 Å². The van der Waals surface area contributed by atoms with Crippen LogP contribution in [-0.2, 0) is 16.0 Å². The van der Waals surface area contributed by atoms with Gasteiger partial charge in [0.25, 0.3) is 0 Å². The molecule has 1 N–H and O–H groups in total. The van der Waals surface area contributed by atoms with Crippen LogP contribution in [0.5, 0.6) is 0 Å². The smallest absolute Gasteiger partial charge is 0.351 e. The fourth-order valence-electron chi connectivity index (χ4n) is 3.05. The van der Waals surface area contributed by atoms with E-state index in [9.17, 15) is 21.6 Å². The van der Waals surface area contributed by atoms with Crippen molar-refractivity contribution in [2.24, 2.45) is 0 Å². The minimum absolute atomic E-state index is 0.00637. The molecule has 4 rings (SSSR count). The van der Waals surface area contributed by atoms with Crippen molar-refractivity contribution in [1.29, 1.82) is 0 Å². The minimum Gasteiger partial charge on any atom is -0.351 e. The first-order valence-electron chi connectivity index (χ1n) is 8.59. The van der Waals surface area contributed by atoms with E-state index in [1.54, 1.807) is 18.2 Å². The maximum absolute atomic E-state index is 13.0. The summed E-state index contributed by atoms with van der Waals surface area (Å²) in [6, 6.07) is 7.54. The number of nitrogens with one attached hydrogen (secondary N) is 1. The molecular formula is C19H12BrClF3N3O2S. The Morgan fingerprint density at radius 3 is 2.60 bits per heavy atom. The Hall–Kier alpha value is -2.17. The van der Waals surface area contributed by atoms with E-state index in [1.165, 1.54) is 13.0 Å². The fraction of sp³-hybridized carbons (Fsp3) is 0.158. The second-order valence-electron chi connectivity index (χ2n) is 6.51. The lowest BCUT2D eigenvalue weighted by Crippen LogP contribution is -2.07. The van der Waals surface area contributed by atoms with Crippen LogP contribution in [0.2, 0.25) is 5.02 Å².